The van der Waals surface area contributed by atoms with Crippen LogP contribution in [0.2, 0.25) is 0 Å². The van der Waals surface area contributed by atoms with Crippen molar-refractivity contribution in [3.05, 3.63) is 35.6 Å². The monoisotopic (exact) mass is 377 g/mol. The van der Waals surface area contributed by atoms with Crippen LogP contribution >= 0.6 is 0 Å². The van der Waals surface area contributed by atoms with Gasteiger partial charge in [-0.15, -0.1) is 0 Å². The summed E-state index contributed by atoms with van der Waals surface area (Å²) < 4.78 is 19.2. The van der Waals surface area contributed by atoms with Crippen molar-refractivity contribution in [3.63, 3.8) is 0 Å². The maximum Gasteiger partial charge on any atom is 0.317 e. The van der Waals surface area contributed by atoms with Crippen LogP contribution < -0.4 is 11.1 Å². The molecule has 1 aromatic carbocycles. The van der Waals surface area contributed by atoms with Crippen LogP contribution in [0, 0.1) is 11.7 Å². The first-order chi connectivity index (χ1) is 13.0. The van der Waals surface area contributed by atoms with Gasteiger partial charge in [-0.05, 0) is 49.3 Å². The molecule has 0 bridgehead atoms. The lowest BCUT2D eigenvalue weighted by Crippen LogP contribution is -2.50. The summed E-state index contributed by atoms with van der Waals surface area (Å²) in [5.74, 6) is -0.281. The number of primary amides is 1. The number of benzene rings is 1. The molecule has 2 aliphatic heterocycles. The molecule has 3 amide bonds. The lowest BCUT2D eigenvalue weighted by Gasteiger charge is -2.39. The van der Waals surface area contributed by atoms with Gasteiger partial charge in [0.2, 0.25) is 5.91 Å². The van der Waals surface area contributed by atoms with Crippen LogP contribution in [0.3, 0.4) is 0 Å². The van der Waals surface area contributed by atoms with E-state index in [1.165, 1.54) is 6.07 Å². The van der Waals surface area contributed by atoms with Crippen LogP contribution in [-0.4, -0.2) is 49.7 Å². The zero-order chi connectivity index (χ0) is 19.3. The first kappa shape index (κ1) is 19.6. The second-order valence-electron chi connectivity index (χ2n) is 7.66. The number of likely N-dealkylation sites (tertiary alicyclic amines) is 1. The molecule has 0 saturated carbocycles. The summed E-state index contributed by atoms with van der Waals surface area (Å²) in [6.45, 7) is 2.91. The molecular weight excluding hydrogens is 349 g/mol. The summed E-state index contributed by atoms with van der Waals surface area (Å²) in [5.41, 5.74) is 5.86. The molecule has 6 nitrogen and oxygen atoms in total. The fourth-order valence-electron chi connectivity index (χ4n) is 4.13. The summed E-state index contributed by atoms with van der Waals surface area (Å²) >= 11 is 0. The number of hydrogen-bond acceptors (Lipinski definition) is 3. The third kappa shape index (κ3) is 4.97. The Labute approximate surface area is 159 Å². The average Bonchev–Trinajstić information content (AvgIpc) is 2.67. The van der Waals surface area contributed by atoms with Gasteiger partial charge in [-0.2, -0.15) is 0 Å². The second kappa shape index (κ2) is 8.69. The van der Waals surface area contributed by atoms with Gasteiger partial charge in [0.25, 0.3) is 0 Å². The molecule has 148 valence electrons. The van der Waals surface area contributed by atoms with E-state index >= 15 is 0 Å². The van der Waals surface area contributed by atoms with Crippen molar-refractivity contribution < 1.29 is 18.7 Å². The molecule has 0 radical (unpaired) electrons. The summed E-state index contributed by atoms with van der Waals surface area (Å²) in [6, 6.07) is 6.54. The van der Waals surface area contributed by atoms with Gasteiger partial charge in [0, 0.05) is 44.7 Å². The number of ether oxygens (including phenoxy) is 1. The van der Waals surface area contributed by atoms with Crippen molar-refractivity contribution in [1.82, 2.24) is 10.2 Å². The first-order valence-corrected chi connectivity index (χ1v) is 9.63. The van der Waals surface area contributed by atoms with E-state index in [2.05, 4.69) is 5.32 Å². The Balaban J connectivity index is 1.59. The molecule has 2 fully saturated rings. The predicted octanol–water partition coefficient (Wildman–Crippen LogP) is 2.17. The molecule has 3 N–H and O–H groups in total. The minimum absolute atomic E-state index is 0.102. The van der Waals surface area contributed by atoms with Crippen molar-refractivity contribution in [2.24, 2.45) is 11.7 Å². The number of nitrogens with one attached hydrogen (secondary N) is 1. The molecule has 0 aliphatic carbocycles. The molecule has 7 heteroatoms. The number of nitrogens with zero attached hydrogens (tertiary/aromatic N) is 1. The van der Waals surface area contributed by atoms with Crippen molar-refractivity contribution in [1.29, 1.82) is 0 Å². The summed E-state index contributed by atoms with van der Waals surface area (Å²) in [4.78, 5) is 25.5. The minimum Gasteiger partial charge on any atom is -0.381 e. The van der Waals surface area contributed by atoms with Gasteiger partial charge < -0.3 is 20.7 Å². The largest absolute Gasteiger partial charge is 0.381 e. The van der Waals surface area contributed by atoms with Crippen molar-refractivity contribution in [2.75, 3.05) is 32.8 Å². The zero-order valence-electron chi connectivity index (χ0n) is 15.6. The lowest BCUT2D eigenvalue weighted by atomic mass is 9.74. The molecule has 0 unspecified atom stereocenters. The Hall–Kier alpha value is -2.15. The number of hydrogen-bond donors (Lipinski definition) is 2. The van der Waals surface area contributed by atoms with E-state index in [0.717, 1.165) is 31.2 Å². The van der Waals surface area contributed by atoms with Crippen molar-refractivity contribution >= 4 is 11.9 Å². The van der Waals surface area contributed by atoms with E-state index in [1.807, 2.05) is 6.07 Å². The number of amides is 3. The fourth-order valence-corrected chi connectivity index (χ4v) is 4.13. The Morgan fingerprint density at radius 2 is 1.96 bits per heavy atom. The van der Waals surface area contributed by atoms with Crippen LogP contribution in [0.25, 0.3) is 0 Å². The highest BCUT2D eigenvalue weighted by molar-refractivity contribution is 5.75. The van der Waals surface area contributed by atoms with Gasteiger partial charge in [-0.25, -0.2) is 9.18 Å². The van der Waals surface area contributed by atoms with Crippen molar-refractivity contribution in [2.45, 2.75) is 37.5 Å². The zero-order valence-corrected chi connectivity index (χ0v) is 15.6. The number of carbonyl (C=O) groups excluding carboxylic acids is 2. The maximum atomic E-state index is 13.7. The predicted molar refractivity (Wildman–Crippen MR) is 99.6 cm³/mol. The average molecular weight is 377 g/mol. The smallest absolute Gasteiger partial charge is 0.317 e. The van der Waals surface area contributed by atoms with E-state index in [-0.39, 0.29) is 29.1 Å². The SMILES string of the molecule is NC(=O)CC1CCN(C(=O)NCC2(c3cccc(F)c3)CCOCC2)CC1. The quantitative estimate of drug-likeness (QED) is 0.825. The molecule has 2 heterocycles. The Bertz CT molecular complexity index is 668. The maximum absolute atomic E-state index is 13.7. The number of halogens is 1. The number of urea groups is 1. The number of carbonyl (C=O) groups is 2. The molecular formula is C20H28FN3O3. The third-order valence-corrected chi connectivity index (χ3v) is 5.86. The highest BCUT2D eigenvalue weighted by atomic mass is 19.1. The molecule has 2 saturated heterocycles. The fraction of sp³-hybridized carbons (Fsp3) is 0.600. The summed E-state index contributed by atoms with van der Waals surface area (Å²) in [7, 11) is 0. The second-order valence-corrected chi connectivity index (χ2v) is 7.66. The normalized spacial score (nSPS) is 20.3. The summed E-state index contributed by atoms with van der Waals surface area (Å²) in [5, 5.41) is 3.05. The van der Waals surface area contributed by atoms with Gasteiger partial charge >= 0.3 is 6.03 Å². The first-order valence-electron chi connectivity index (χ1n) is 9.63. The highest BCUT2D eigenvalue weighted by Crippen LogP contribution is 2.34. The molecule has 0 spiro atoms. The van der Waals surface area contributed by atoms with Gasteiger partial charge in [0.05, 0.1) is 0 Å². The Morgan fingerprint density at radius 3 is 2.59 bits per heavy atom. The number of piperidine rings is 1. The van der Waals surface area contributed by atoms with Crippen LogP contribution in [0.5, 0.6) is 0 Å². The highest BCUT2D eigenvalue weighted by Gasteiger charge is 2.36. The van der Waals surface area contributed by atoms with Crippen LogP contribution in [0.15, 0.2) is 24.3 Å². The standard InChI is InChI=1S/C20H28FN3O3/c21-17-3-1-2-16(13-17)20(6-10-27-11-7-20)14-23-19(26)24-8-4-15(5-9-24)12-18(22)25/h1-3,13,15H,4-12,14H2,(H2,22,25)(H,23,26). The van der Waals surface area contributed by atoms with Crippen molar-refractivity contribution in [3.8, 4) is 0 Å². The molecule has 0 aromatic heterocycles. The molecule has 2 aliphatic rings. The van der Waals surface area contributed by atoms with Gasteiger partial charge in [0.1, 0.15) is 5.82 Å². The molecule has 0 atom stereocenters. The molecule has 27 heavy (non-hydrogen) atoms. The Morgan fingerprint density at radius 1 is 1.26 bits per heavy atom. The van der Waals surface area contributed by atoms with E-state index < -0.39 is 0 Å². The Kier molecular flexibility index (Phi) is 6.31. The third-order valence-electron chi connectivity index (χ3n) is 5.86. The number of nitrogens with two attached hydrogens (primary N) is 1. The van der Waals surface area contributed by atoms with Crippen LogP contribution in [0.1, 0.15) is 37.7 Å². The van der Waals surface area contributed by atoms with E-state index in [1.54, 1.807) is 17.0 Å². The van der Waals surface area contributed by atoms with Gasteiger partial charge in [-0.1, -0.05) is 12.1 Å². The molecule has 3 rings (SSSR count). The summed E-state index contributed by atoms with van der Waals surface area (Å²) in [6.07, 6.45) is 3.46. The molecule has 1 aromatic rings. The topological polar surface area (TPSA) is 84.7 Å². The van der Waals surface area contributed by atoms with E-state index in [4.69, 9.17) is 10.5 Å². The lowest BCUT2D eigenvalue weighted by molar-refractivity contribution is -0.119. The minimum atomic E-state index is -0.305. The van der Waals surface area contributed by atoms with Gasteiger partial charge in [-0.3, -0.25) is 4.79 Å². The van der Waals surface area contributed by atoms with E-state index in [0.29, 0.717) is 39.3 Å². The van der Waals surface area contributed by atoms with Crippen LogP contribution in [-0.2, 0) is 14.9 Å². The number of rotatable bonds is 5. The van der Waals surface area contributed by atoms with E-state index in [9.17, 15) is 14.0 Å². The van der Waals surface area contributed by atoms with Gasteiger partial charge in [0.15, 0.2) is 0 Å². The van der Waals surface area contributed by atoms with Crippen LogP contribution in [0.4, 0.5) is 9.18 Å².